The Morgan fingerprint density at radius 1 is 1.21 bits per heavy atom. The van der Waals surface area contributed by atoms with E-state index in [-0.39, 0.29) is 6.04 Å². The summed E-state index contributed by atoms with van der Waals surface area (Å²) in [6, 6.07) is 7.49. The number of hydrogen-bond donors (Lipinski definition) is 2. The first-order chi connectivity index (χ1) is 11.7. The number of nitrogens with one attached hydrogen (secondary N) is 2. The predicted molar refractivity (Wildman–Crippen MR) is 94.6 cm³/mol. The van der Waals surface area contributed by atoms with E-state index >= 15 is 0 Å². The van der Waals surface area contributed by atoms with Crippen LogP contribution in [0.4, 0.5) is 5.69 Å². The molecule has 126 valence electrons. The molecule has 2 aromatic rings. The molecule has 2 atom stereocenters. The molecule has 0 spiro atoms. The Balaban J connectivity index is 1.64. The van der Waals surface area contributed by atoms with Gasteiger partial charge in [0.05, 0.1) is 0 Å². The minimum absolute atomic E-state index is 0.110. The van der Waals surface area contributed by atoms with E-state index in [1.807, 2.05) is 18.2 Å². The molecular formula is C19H23N3O2. The maximum Gasteiger partial charge on any atom is 0.313 e. The highest BCUT2D eigenvalue weighted by Crippen LogP contribution is 2.26. The Morgan fingerprint density at radius 3 is 2.92 bits per heavy atom. The standard InChI is InChI=1S/C19H23N3O2/c1-2-13-5-3-7-15(11-13)21-18(23)19(24)22-17-8-4-6-14-12-20-10-9-16(14)17/h4,6,8-10,12-13,15H,2-3,5,7,11H2,1H3,(H,21,23)(H,22,24)/t13-,15+/m0/s1. The highest BCUT2D eigenvalue weighted by atomic mass is 16.2. The lowest BCUT2D eigenvalue weighted by atomic mass is 9.84. The number of pyridine rings is 1. The summed E-state index contributed by atoms with van der Waals surface area (Å²) in [5.74, 6) is -0.515. The van der Waals surface area contributed by atoms with Crippen LogP contribution >= 0.6 is 0 Å². The molecule has 1 aliphatic carbocycles. The molecule has 1 aliphatic rings. The van der Waals surface area contributed by atoms with Crippen molar-refractivity contribution in [2.45, 2.75) is 45.1 Å². The van der Waals surface area contributed by atoms with Crippen molar-refractivity contribution in [2.75, 3.05) is 5.32 Å². The molecule has 0 saturated heterocycles. The lowest BCUT2D eigenvalue weighted by Gasteiger charge is -2.28. The number of anilines is 1. The summed E-state index contributed by atoms with van der Waals surface area (Å²) < 4.78 is 0. The van der Waals surface area contributed by atoms with Gasteiger partial charge in [-0.15, -0.1) is 0 Å². The first-order valence-electron chi connectivity index (χ1n) is 8.62. The Kier molecular flexibility index (Phi) is 5.08. The van der Waals surface area contributed by atoms with Gasteiger partial charge in [-0.2, -0.15) is 0 Å². The molecule has 5 heteroatoms. The van der Waals surface area contributed by atoms with Crippen molar-refractivity contribution in [3.8, 4) is 0 Å². The van der Waals surface area contributed by atoms with Crippen LogP contribution in [0.3, 0.4) is 0 Å². The molecule has 1 fully saturated rings. The summed E-state index contributed by atoms with van der Waals surface area (Å²) >= 11 is 0. The van der Waals surface area contributed by atoms with Crippen LogP contribution < -0.4 is 10.6 Å². The van der Waals surface area contributed by atoms with Crippen LogP contribution in [0.1, 0.15) is 39.0 Å². The first kappa shape index (κ1) is 16.4. The van der Waals surface area contributed by atoms with Crippen molar-refractivity contribution in [3.05, 3.63) is 36.7 Å². The van der Waals surface area contributed by atoms with Gasteiger partial charge >= 0.3 is 11.8 Å². The maximum absolute atomic E-state index is 12.2. The number of carbonyl (C=O) groups excluding carboxylic acids is 2. The smallest absolute Gasteiger partial charge is 0.313 e. The van der Waals surface area contributed by atoms with Crippen molar-refractivity contribution in [2.24, 2.45) is 5.92 Å². The van der Waals surface area contributed by atoms with E-state index < -0.39 is 11.8 Å². The number of amides is 2. The fourth-order valence-corrected chi connectivity index (χ4v) is 3.45. The molecular weight excluding hydrogens is 302 g/mol. The van der Waals surface area contributed by atoms with E-state index in [0.717, 1.165) is 36.5 Å². The van der Waals surface area contributed by atoms with E-state index in [1.165, 1.54) is 6.42 Å². The molecule has 1 heterocycles. The molecule has 24 heavy (non-hydrogen) atoms. The van der Waals surface area contributed by atoms with Crippen LogP contribution in [-0.2, 0) is 9.59 Å². The summed E-state index contributed by atoms with van der Waals surface area (Å²) in [7, 11) is 0. The van der Waals surface area contributed by atoms with Gasteiger partial charge in [-0.25, -0.2) is 0 Å². The highest BCUT2D eigenvalue weighted by Gasteiger charge is 2.24. The van der Waals surface area contributed by atoms with Gasteiger partial charge in [-0.05, 0) is 30.9 Å². The molecule has 2 N–H and O–H groups in total. The normalized spacial score (nSPS) is 20.5. The van der Waals surface area contributed by atoms with Crippen LogP contribution in [0.25, 0.3) is 10.8 Å². The monoisotopic (exact) mass is 325 g/mol. The lowest BCUT2D eigenvalue weighted by molar-refractivity contribution is -0.136. The molecule has 1 saturated carbocycles. The van der Waals surface area contributed by atoms with E-state index in [0.29, 0.717) is 11.6 Å². The number of carbonyl (C=O) groups is 2. The average Bonchev–Trinajstić information content (AvgIpc) is 2.62. The van der Waals surface area contributed by atoms with E-state index in [4.69, 9.17) is 0 Å². The van der Waals surface area contributed by atoms with Crippen LogP contribution in [0.2, 0.25) is 0 Å². The van der Waals surface area contributed by atoms with Gasteiger partial charge in [0.1, 0.15) is 0 Å². The molecule has 2 amide bonds. The van der Waals surface area contributed by atoms with Crippen molar-refractivity contribution < 1.29 is 9.59 Å². The van der Waals surface area contributed by atoms with Gasteiger partial charge < -0.3 is 10.6 Å². The number of rotatable bonds is 3. The van der Waals surface area contributed by atoms with Crippen molar-refractivity contribution in [1.29, 1.82) is 0 Å². The summed E-state index contributed by atoms with van der Waals surface area (Å²) in [4.78, 5) is 28.5. The minimum atomic E-state index is -0.613. The summed E-state index contributed by atoms with van der Waals surface area (Å²) in [5, 5.41) is 7.41. The number of benzene rings is 1. The summed E-state index contributed by atoms with van der Waals surface area (Å²) in [5.41, 5.74) is 0.630. The van der Waals surface area contributed by atoms with E-state index in [2.05, 4.69) is 22.5 Å². The van der Waals surface area contributed by atoms with Crippen molar-refractivity contribution >= 4 is 28.3 Å². The van der Waals surface area contributed by atoms with Crippen molar-refractivity contribution in [1.82, 2.24) is 10.3 Å². The summed E-state index contributed by atoms with van der Waals surface area (Å²) in [6.07, 6.45) is 8.79. The third kappa shape index (κ3) is 3.72. The molecule has 0 radical (unpaired) electrons. The van der Waals surface area contributed by atoms with Crippen LogP contribution in [0.15, 0.2) is 36.7 Å². The SMILES string of the molecule is CC[C@H]1CCC[C@@H](NC(=O)C(=O)Nc2cccc3cnccc23)C1. The summed E-state index contributed by atoms with van der Waals surface area (Å²) in [6.45, 7) is 2.18. The fourth-order valence-electron chi connectivity index (χ4n) is 3.45. The van der Waals surface area contributed by atoms with Crippen molar-refractivity contribution in [3.63, 3.8) is 0 Å². The van der Waals surface area contributed by atoms with Gasteiger partial charge in [0.15, 0.2) is 0 Å². The zero-order valence-corrected chi connectivity index (χ0v) is 13.9. The molecule has 0 aliphatic heterocycles. The largest absolute Gasteiger partial charge is 0.345 e. The zero-order valence-electron chi connectivity index (χ0n) is 13.9. The fraction of sp³-hybridized carbons (Fsp3) is 0.421. The second kappa shape index (κ2) is 7.43. The van der Waals surface area contributed by atoms with Gasteiger partial charge in [0.2, 0.25) is 0 Å². The molecule has 3 rings (SSSR count). The van der Waals surface area contributed by atoms with Crippen LogP contribution in [0.5, 0.6) is 0 Å². The Labute approximate surface area is 141 Å². The lowest BCUT2D eigenvalue weighted by Crippen LogP contribution is -2.43. The third-order valence-electron chi connectivity index (χ3n) is 4.83. The quantitative estimate of drug-likeness (QED) is 0.851. The second-order valence-corrected chi connectivity index (χ2v) is 6.47. The van der Waals surface area contributed by atoms with Gasteiger partial charge in [0, 0.05) is 34.9 Å². The third-order valence-corrected chi connectivity index (χ3v) is 4.83. The molecule has 1 aromatic carbocycles. The first-order valence-corrected chi connectivity index (χ1v) is 8.62. The topological polar surface area (TPSA) is 71.1 Å². The second-order valence-electron chi connectivity index (χ2n) is 6.47. The Hall–Kier alpha value is -2.43. The van der Waals surface area contributed by atoms with E-state index in [1.54, 1.807) is 18.5 Å². The Bertz CT molecular complexity index is 739. The van der Waals surface area contributed by atoms with Crippen LogP contribution in [-0.4, -0.2) is 22.8 Å². The highest BCUT2D eigenvalue weighted by molar-refractivity contribution is 6.40. The molecule has 0 bridgehead atoms. The zero-order chi connectivity index (χ0) is 16.9. The van der Waals surface area contributed by atoms with Crippen LogP contribution in [0, 0.1) is 5.92 Å². The number of hydrogen-bond acceptors (Lipinski definition) is 3. The number of fused-ring (bicyclic) bond motifs is 1. The predicted octanol–water partition coefficient (Wildman–Crippen LogP) is 3.26. The average molecular weight is 325 g/mol. The Morgan fingerprint density at radius 2 is 2.08 bits per heavy atom. The number of aromatic nitrogens is 1. The molecule has 0 unspecified atom stereocenters. The van der Waals surface area contributed by atoms with E-state index in [9.17, 15) is 9.59 Å². The minimum Gasteiger partial charge on any atom is -0.345 e. The van der Waals surface area contributed by atoms with Gasteiger partial charge in [-0.1, -0.05) is 38.3 Å². The molecule has 5 nitrogen and oxygen atoms in total. The molecule has 1 aromatic heterocycles. The van der Waals surface area contributed by atoms with Gasteiger partial charge in [-0.3, -0.25) is 14.6 Å². The maximum atomic E-state index is 12.2. The van der Waals surface area contributed by atoms with Gasteiger partial charge in [0.25, 0.3) is 0 Å². The number of nitrogens with zero attached hydrogens (tertiary/aromatic N) is 1.